The molecule has 4 aliphatic heterocycles. The monoisotopic (exact) mass is 596 g/mol. The summed E-state index contributed by atoms with van der Waals surface area (Å²) in [4.78, 5) is 46.4. The van der Waals surface area contributed by atoms with Crippen LogP contribution in [0.4, 0.5) is 5.69 Å². The van der Waals surface area contributed by atoms with E-state index in [1.165, 1.54) is 19.3 Å². The summed E-state index contributed by atoms with van der Waals surface area (Å²) in [5.74, 6) is -0.522. The third kappa shape index (κ3) is 5.39. The van der Waals surface area contributed by atoms with Crippen LogP contribution in [0.3, 0.4) is 0 Å². The van der Waals surface area contributed by atoms with Gasteiger partial charge < -0.3 is 25.2 Å². The first kappa shape index (κ1) is 29.6. The molecule has 0 radical (unpaired) electrons. The molecule has 2 N–H and O–H groups in total. The van der Waals surface area contributed by atoms with E-state index in [-0.39, 0.29) is 23.8 Å². The van der Waals surface area contributed by atoms with Gasteiger partial charge in [0.05, 0.1) is 17.9 Å². The number of nitrogens with one attached hydrogen (secondary N) is 2. The Morgan fingerprint density at radius 3 is 2.71 bits per heavy atom. The number of rotatable bonds is 8. The predicted molar refractivity (Wildman–Crippen MR) is 163 cm³/mol. The fourth-order valence-corrected chi connectivity index (χ4v) is 8.49. The van der Waals surface area contributed by atoms with Gasteiger partial charge in [0, 0.05) is 29.8 Å². The molecular formula is C33H45ClN4O4. The molecule has 1 aliphatic carbocycles. The number of halogens is 1. The summed E-state index contributed by atoms with van der Waals surface area (Å²) in [6, 6.07) is 6.24. The molecule has 3 saturated heterocycles. The molecule has 2 bridgehead atoms. The van der Waals surface area contributed by atoms with Crippen molar-refractivity contribution >= 4 is 35.0 Å². The number of nitrogens with zero attached hydrogens (tertiary/aromatic N) is 2. The number of benzene rings is 1. The Kier molecular flexibility index (Phi) is 8.42. The average molecular weight is 597 g/mol. The van der Waals surface area contributed by atoms with Crippen molar-refractivity contribution in [3.63, 3.8) is 0 Å². The maximum absolute atomic E-state index is 14.3. The SMILES string of the molecule is C[C@@H]1CCCN(CCCN2C(=O)[C@@H]3[C@H](C(=O)Nc4cccc(Cl)c4)[C@@H]4C=C[C@@]3(O4)[C@@H]2C(=O)N[C@@H]2CCC[C@@H](C)[C@@H]2C)C1. The van der Waals surface area contributed by atoms with Crippen molar-refractivity contribution in [2.45, 2.75) is 83.1 Å². The van der Waals surface area contributed by atoms with Crippen LogP contribution >= 0.6 is 11.6 Å². The van der Waals surface area contributed by atoms with Crippen LogP contribution in [0, 0.1) is 29.6 Å². The summed E-state index contributed by atoms with van der Waals surface area (Å²) in [7, 11) is 0. The maximum Gasteiger partial charge on any atom is 0.246 e. The van der Waals surface area contributed by atoms with Crippen molar-refractivity contribution in [2.75, 3.05) is 31.5 Å². The molecule has 9 heteroatoms. The predicted octanol–water partition coefficient (Wildman–Crippen LogP) is 4.49. The average Bonchev–Trinajstić information content (AvgIpc) is 3.59. The van der Waals surface area contributed by atoms with E-state index >= 15 is 0 Å². The van der Waals surface area contributed by atoms with Gasteiger partial charge in [0.2, 0.25) is 17.7 Å². The number of hydrogen-bond acceptors (Lipinski definition) is 5. The lowest BCUT2D eigenvalue weighted by atomic mass is 9.73. The summed E-state index contributed by atoms with van der Waals surface area (Å²) >= 11 is 6.15. The fraction of sp³-hybridized carbons (Fsp3) is 0.667. The molecule has 1 aromatic rings. The van der Waals surface area contributed by atoms with Gasteiger partial charge in [-0.1, -0.05) is 63.4 Å². The summed E-state index contributed by atoms with van der Waals surface area (Å²) in [6.07, 6.45) is 9.62. The zero-order valence-electron chi connectivity index (χ0n) is 25.1. The van der Waals surface area contributed by atoms with Crippen molar-refractivity contribution in [2.24, 2.45) is 29.6 Å². The van der Waals surface area contributed by atoms with Gasteiger partial charge in [0.1, 0.15) is 11.6 Å². The summed E-state index contributed by atoms with van der Waals surface area (Å²) in [5.41, 5.74) is -0.577. The third-order valence-corrected chi connectivity index (χ3v) is 10.9. The minimum absolute atomic E-state index is 0.0630. The van der Waals surface area contributed by atoms with E-state index in [2.05, 4.69) is 36.3 Å². The number of piperidine rings is 1. The van der Waals surface area contributed by atoms with Gasteiger partial charge in [-0.05, 0) is 74.7 Å². The topological polar surface area (TPSA) is 91.0 Å². The molecule has 4 fully saturated rings. The highest BCUT2D eigenvalue weighted by molar-refractivity contribution is 6.30. The van der Waals surface area contributed by atoms with E-state index in [0.717, 1.165) is 38.9 Å². The molecule has 1 aromatic carbocycles. The van der Waals surface area contributed by atoms with E-state index in [9.17, 15) is 14.4 Å². The van der Waals surface area contributed by atoms with Gasteiger partial charge in [-0.2, -0.15) is 0 Å². The lowest BCUT2D eigenvalue weighted by Gasteiger charge is -2.38. The molecule has 3 amide bonds. The quantitative estimate of drug-likeness (QED) is 0.432. The van der Waals surface area contributed by atoms with E-state index in [4.69, 9.17) is 16.3 Å². The van der Waals surface area contributed by atoms with Crippen LogP contribution < -0.4 is 10.6 Å². The highest BCUT2D eigenvalue weighted by Crippen LogP contribution is 2.55. The Balaban J connectivity index is 1.24. The molecule has 0 unspecified atom stereocenters. The number of hydrogen-bond donors (Lipinski definition) is 2. The molecule has 42 heavy (non-hydrogen) atoms. The van der Waals surface area contributed by atoms with Crippen molar-refractivity contribution < 1.29 is 19.1 Å². The van der Waals surface area contributed by atoms with Crippen molar-refractivity contribution in [1.29, 1.82) is 0 Å². The van der Waals surface area contributed by atoms with Crippen LogP contribution in [-0.4, -0.2) is 77.5 Å². The first-order valence-electron chi connectivity index (χ1n) is 15.9. The van der Waals surface area contributed by atoms with Crippen LogP contribution in [-0.2, 0) is 19.1 Å². The summed E-state index contributed by atoms with van der Waals surface area (Å²) < 4.78 is 6.53. The Morgan fingerprint density at radius 1 is 1.10 bits per heavy atom. The number of amides is 3. The Labute approximate surface area is 254 Å². The standard InChI is InChI=1S/C33H45ClN4O4/c1-20-8-6-15-37(19-20)16-7-17-38-29(31(40)36-25-12-4-9-21(2)22(25)3)33-14-13-26(42-33)27(28(33)32(38)41)30(39)35-24-11-5-10-23(34)18-24/h5,10-11,13-14,18,20-22,25-29H,4,6-9,12,15-17,19H2,1-3H3,(H,35,39)(H,36,40)/t20-,21-,22+,25-,26+,27-,28+,29+,33+/m1/s1. The van der Waals surface area contributed by atoms with Crippen LogP contribution in [0.25, 0.3) is 0 Å². The second-order valence-corrected chi connectivity index (χ2v) is 14.0. The normalized spacial score (nSPS) is 37.6. The van der Waals surface area contributed by atoms with E-state index < -0.39 is 29.6 Å². The molecule has 5 aliphatic rings. The van der Waals surface area contributed by atoms with Gasteiger partial charge in [-0.15, -0.1) is 0 Å². The van der Waals surface area contributed by atoms with Crippen molar-refractivity contribution in [3.05, 3.63) is 41.4 Å². The second kappa shape index (κ2) is 11.9. The van der Waals surface area contributed by atoms with E-state index in [1.807, 2.05) is 12.2 Å². The molecule has 1 spiro atoms. The van der Waals surface area contributed by atoms with Crippen LogP contribution in [0.1, 0.15) is 59.3 Å². The Hall–Kier alpha value is -2.42. The lowest BCUT2D eigenvalue weighted by molar-refractivity contribution is -0.141. The van der Waals surface area contributed by atoms with Crippen LogP contribution in [0.2, 0.25) is 5.02 Å². The molecule has 1 saturated carbocycles. The highest BCUT2D eigenvalue weighted by Gasteiger charge is 2.72. The minimum Gasteiger partial charge on any atom is -0.359 e. The second-order valence-electron chi connectivity index (χ2n) is 13.5. The fourth-order valence-electron chi connectivity index (χ4n) is 8.30. The van der Waals surface area contributed by atoms with Crippen LogP contribution in [0.15, 0.2) is 36.4 Å². The molecule has 4 heterocycles. The first-order valence-corrected chi connectivity index (χ1v) is 16.3. The maximum atomic E-state index is 14.3. The molecular weight excluding hydrogens is 552 g/mol. The largest absolute Gasteiger partial charge is 0.359 e. The van der Waals surface area contributed by atoms with E-state index in [1.54, 1.807) is 29.2 Å². The third-order valence-electron chi connectivity index (χ3n) is 10.7. The molecule has 6 rings (SSSR count). The number of carbonyl (C=O) groups is 3. The molecule has 9 atom stereocenters. The zero-order chi connectivity index (χ0) is 29.6. The van der Waals surface area contributed by atoms with Crippen molar-refractivity contribution in [3.8, 4) is 0 Å². The molecule has 0 aromatic heterocycles. The number of fused-ring (bicyclic) bond motifs is 1. The van der Waals surface area contributed by atoms with Gasteiger partial charge in [-0.25, -0.2) is 0 Å². The number of carbonyl (C=O) groups excluding carboxylic acids is 3. The van der Waals surface area contributed by atoms with Gasteiger partial charge >= 0.3 is 0 Å². The van der Waals surface area contributed by atoms with Crippen LogP contribution in [0.5, 0.6) is 0 Å². The Bertz CT molecular complexity index is 1240. The highest BCUT2D eigenvalue weighted by atomic mass is 35.5. The number of anilines is 1. The smallest absolute Gasteiger partial charge is 0.246 e. The van der Waals surface area contributed by atoms with Gasteiger partial charge in [0.15, 0.2) is 0 Å². The molecule has 228 valence electrons. The zero-order valence-corrected chi connectivity index (χ0v) is 25.8. The minimum atomic E-state index is -1.15. The van der Waals surface area contributed by atoms with E-state index in [0.29, 0.717) is 35.0 Å². The number of ether oxygens (including phenoxy) is 1. The molecule has 8 nitrogen and oxygen atoms in total. The number of likely N-dealkylation sites (tertiary alicyclic amines) is 2. The first-order chi connectivity index (χ1) is 20.2. The Morgan fingerprint density at radius 2 is 1.93 bits per heavy atom. The lowest BCUT2D eigenvalue weighted by Crippen LogP contribution is -2.58. The summed E-state index contributed by atoms with van der Waals surface area (Å²) in [5, 5.41) is 6.81. The van der Waals surface area contributed by atoms with Crippen molar-refractivity contribution in [1.82, 2.24) is 15.1 Å². The van der Waals surface area contributed by atoms with Gasteiger partial charge in [-0.3, -0.25) is 14.4 Å². The van der Waals surface area contributed by atoms with Gasteiger partial charge in [0.25, 0.3) is 0 Å². The summed E-state index contributed by atoms with van der Waals surface area (Å²) in [6.45, 7) is 10.2.